The van der Waals surface area contributed by atoms with E-state index in [0.717, 1.165) is 36.2 Å². The minimum Gasteiger partial charge on any atom is -0.377 e. The van der Waals surface area contributed by atoms with Crippen molar-refractivity contribution in [2.24, 2.45) is 46.2 Å². The highest BCUT2D eigenvalue weighted by atomic mass is 16.5. The SMILES string of the molecule is CC(C)CCCCC1CCC2C3CC=C4CC(OCCN)CCC4(C)C3CCC12C. The molecule has 0 spiro atoms. The second-order valence-electron chi connectivity index (χ2n) is 12.3. The number of nitrogens with two attached hydrogens (primary N) is 1. The molecule has 2 nitrogen and oxygen atoms in total. The van der Waals surface area contributed by atoms with E-state index in [0.29, 0.717) is 23.5 Å². The van der Waals surface area contributed by atoms with Crippen molar-refractivity contribution in [3.63, 3.8) is 0 Å². The second kappa shape index (κ2) is 9.26. The van der Waals surface area contributed by atoms with E-state index in [1.165, 1.54) is 77.0 Å². The first-order valence-corrected chi connectivity index (χ1v) is 13.4. The van der Waals surface area contributed by atoms with Crippen molar-refractivity contribution >= 4 is 0 Å². The van der Waals surface area contributed by atoms with Crippen molar-refractivity contribution < 1.29 is 4.74 Å². The van der Waals surface area contributed by atoms with Gasteiger partial charge in [-0.2, -0.15) is 0 Å². The Labute approximate surface area is 186 Å². The van der Waals surface area contributed by atoms with Gasteiger partial charge < -0.3 is 10.5 Å². The van der Waals surface area contributed by atoms with Crippen LogP contribution in [0.2, 0.25) is 0 Å². The Hall–Kier alpha value is -0.340. The molecular formula is C28H49NO. The zero-order valence-electron chi connectivity index (χ0n) is 20.4. The van der Waals surface area contributed by atoms with E-state index in [4.69, 9.17) is 10.5 Å². The predicted molar refractivity (Wildman–Crippen MR) is 127 cm³/mol. The smallest absolute Gasteiger partial charge is 0.0613 e. The maximum atomic E-state index is 6.06. The number of fused-ring (bicyclic) bond motifs is 5. The summed E-state index contributed by atoms with van der Waals surface area (Å²) in [5, 5.41) is 0. The van der Waals surface area contributed by atoms with Crippen molar-refractivity contribution in [2.45, 2.75) is 111 Å². The Morgan fingerprint density at radius 2 is 1.90 bits per heavy atom. The molecule has 3 saturated carbocycles. The van der Waals surface area contributed by atoms with E-state index in [-0.39, 0.29) is 0 Å². The summed E-state index contributed by atoms with van der Waals surface area (Å²) >= 11 is 0. The molecule has 0 saturated heterocycles. The van der Waals surface area contributed by atoms with Gasteiger partial charge in [0.05, 0.1) is 12.7 Å². The summed E-state index contributed by atoms with van der Waals surface area (Å²) in [5.74, 6) is 4.71. The summed E-state index contributed by atoms with van der Waals surface area (Å²) in [6.07, 6.45) is 20.0. The fourth-order valence-corrected chi connectivity index (χ4v) is 8.53. The van der Waals surface area contributed by atoms with Crippen molar-refractivity contribution in [3.05, 3.63) is 11.6 Å². The average molecular weight is 416 g/mol. The molecule has 0 bridgehead atoms. The number of unbranched alkanes of at least 4 members (excludes halogenated alkanes) is 1. The third kappa shape index (κ3) is 4.17. The Morgan fingerprint density at radius 3 is 2.67 bits per heavy atom. The average Bonchev–Trinajstić information content (AvgIpc) is 3.05. The number of rotatable bonds is 8. The van der Waals surface area contributed by atoms with Crippen LogP contribution in [0.3, 0.4) is 0 Å². The molecule has 0 aromatic rings. The molecule has 4 aliphatic carbocycles. The van der Waals surface area contributed by atoms with Gasteiger partial charge in [-0.15, -0.1) is 0 Å². The van der Waals surface area contributed by atoms with E-state index < -0.39 is 0 Å². The molecule has 4 aliphatic rings. The molecule has 4 rings (SSSR count). The van der Waals surface area contributed by atoms with Crippen LogP contribution in [0.15, 0.2) is 11.6 Å². The number of hydrogen-bond donors (Lipinski definition) is 1. The Kier molecular flexibility index (Phi) is 7.05. The summed E-state index contributed by atoms with van der Waals surface area (Å²) < 4.78 is 6.06. The fourth-order valence-electron chi connectivity index (χ4n) is 8.53. The highest BCUT2D eigenvalue weighted by molar-refractivity contribution is 5.25. The maximum absolute atomic E-state index is 6.06. The van der Waals surface area contributed by atoms with Gasteiger partial charge in [-0.25, -0.2) is 0 Å². The summed E-state index contributed by atoms with van der Waals surface area (Å²) in [6, 6.07) is 0. The zero-order chi connectivity index (χ0) is 21.4. The standard InChI is InChI=1S/C28H49NO/c1-20(2)7-5-6-8-21-10-12-25-24-11-9-22-19-23(30-18-17-29)13-15-28(22,4)26(24)14-16-27(21,25)3/h9,20-21,23-26H,5-8,10-19,29H2,1-4H3. The molecule has 172 valence electrons. The second-order valence-corrected chi connectivity index (χ2v) is 12.3. The van der Waals surface area contributed by atoms with E-state index in [9.17, 15) is 0 Å². The Balaban J connectivity index is 1.42. The van der Waals surface area contributed by atoms with E-state index in [1.54, 1.807) is 5.57 Å². The van der Waals surface area contributed by atoms with Crippen LogP contribution in [0.1, 0.15) is 105 Å². The molecular weight excluding hydrogens is 366 g/mol. The quantitative estimate of drug-likeness (QED) is 0.338. The molecule has 0 radical (unpaired) electrons. The van der Waals surface area contributed by atoms with Gasteiger partial charge in [0.2, 0.25) is 0 Å². The van der Waals surface area contributed by atoms with Gasteiger partial charge >= 0.3 is 0 Å². The van der Waals surface area contributed by atoms with Gasteiger partial charge in [0.1, 0.15) is 0 Å². The maximum Gasteiger partial charge on any atom is 0.0613 e. The molecule has 3 fully saturated rings. The topological polar surface area (TPSA) is 35.2 Å². The molecule has 2 heteroatoms. The first-order chi connectivity index (χ1) is 14.4. The molecule has 0 aromatic heterocycles. The number of allylic oxidation sites excluding steroid dienone is 1. The lowest BCUT2D eigenvalue weighted by molar-refractivity contribution is -0.0581. The van der Waals surface area contributed by atoms with Gasteiger partial charge in [0, 0.05) is 6.54 Å². The minimum atomic E-state index is 0.417. The highest BCUT2D eigenvalue weighted by Crippen LogP contribution is 2.66. The van der Waals surface area contributed by atoms with Crippen LogP contribution in [0.5, 0.6) is 0 Å². The molecule has 7 unspecified atom stereocenters. The first-order valence-electron chi connectivity index (χ1n) is 13.4. The lowest BCUT2D eigenvalue weighted by Crippen LogP contribution is -2.50. The van der Waals surface area contributed by atoms with Crippen LogP contribution in [0, 0.1) is 40.4 Å². The van der Waals surface area contributed by atoms with Crippen molar-refractivity contribution in [3.8, 4) is 0 Å². The summed E-state index contributed by atoms with van der Waals surface area (Å²) in [4.78, 5) is 0. The fraction of sp³-hybridized carbons (Fsp3) is 0.929. The van der Waals surface area contributed by atoms with Gasteiger partial charge in [0.25, 0.3) is 0 Å². The van der Waals surface area contributed by atoms with Crippen molar-refractivity contribution in [2.75, 3.05) is 13.2 Å². The zero-order valence-corrected chi connectivity index (χ0v) is 20.4. The van der Waals surface area contributed by atoms with Crippen LogP contribution in [0.4, 0.5) is 0 Å². The van der Waals surface area contributed by atoms with Crippen molar-refractivity contribution in [1.29, 1.82) is 0 Å². The van der Waals surface area contributed by atoms with Crippen LogP contribution in [-0.2, 0) is 4.74 Å². The van der Waals surface area contributed by atoms with Crippen LogP contribution < -0.4 is 5.73 Å². The molecule has 0 aromatic carbocycles. The number of ether oxygens (including phenoxy) is 1. The monoisotopic (exact) mass is 415 g/mol. The number of hydrogen-bond acceptors (Lipinski definition) is 2. The van der Waals surface area contributed by atoms with E-state index >= 15 is 0 Å². The molecule has 0 amide bonds. The molecule has 2 N–H and O–H groups in total. The molecule has 0 heterocycles. The lowest BCUT2D eigenvalue weighted by Gasteiger charge is -2.58. The summed E-state index contributed by atoms with van der Waals surface area (Å²) in [6.45, 7) is 11.4. The molecule has 7 atom stereocenters. The van der Waals surface area contributed by atoms with Gasteiger partial charge in [-0.1, -0.05) is 58.6 Å². The lowest BCUT2D eigenvalue weighted by atomic mass is 9.47. The van der Waals surface area contributed by atoms with Gasteiger partial charge in [0.15, 0.2) is 0 Å². The van der Waals surface area contributed by atoms with Crippen LogP contribution in [-0.4, -0.2) is 19.3 Å². The summed E-state index contributed by atoms with van der Waals surface area (Å²) in [5.41, 5.74) is 8.49. The molecule has 0 aliphatic heterocycles. The van der Waals surface area contributed by atoms with Crippen molar-refractivity contribution in [1.82, 2.24) is 0 Å². The molecule has 30 heavy (non-hydrogen) atoms. The normalized spacial score (nSPS) is 43.1. The third-order valence-corrected chi connectivity index (χ3v) is 10.3. The third-order valence-electron chi connectivity index (χ3n) is 10.3. The first kappa shape index (κ1) is 22.8. The summed E-state index contributed by atoms with van der Waals surface area (Å²) in [7, 11) is 0. The highest BCUT2D eigenvalue weighted by Gasteiger charge is 2.58. The Bertz CT molecular complexity index is 612. The van der Waals surface area contributed by atoms with Crippen LogP contribution in [0.25, 0.3) is 0 Å². The minimum absolute atomic E-state index is 0.417. The largest absolute Gasteiger partial charge is 0.377 e. The predicted octanol–water partition coefficient (Wildman–Crippen LogP) is 7.13. The van der Waals surface area contributed by atoms with E-state index in [2.05, 4.69) is 33.8 Å². The van der Waals surface area contributed by atoms with Gasteiger partial charge in [-0.3, -0.25) is 0 Å². The van der Waals surface area contributed by atoms with Gasteiger partial charge in [-0.05, 0) is 98.2 Å². The van der Waals surface area contributed by atoms with E-state index in [1.807, 2.05) is 0 Å². The van der Waals surface area contributed by atoms with Crippen LogP contribution >= 0.6 is 0 Å². The Morgan fingerprint density at radius 1 is 1.07 bits per heavy atom.